The number of carbonyl (C=O) groups excluding carboxylic acids is 2. The van der Waals surface area contributed by atoms with Gasteiger partial charge >= 0.3 is 11.9 Å². The molecule has 0 aromatic carbocycles. The second-order valence-electron chi connectivity index (χ2n) is 2.59. The first-order valence-corrected chi connectivity index (χ1v) is 4.87. The molecule has 0 atom stereocenters. The van der Waals surface area contributed by atoms with E-state index in [9.17, 15) is 9.59 Å². The maximum Gasteiger partial charge on any atom is 0.325 e. The number of allylic oxidation sites excluding steroid dienone is 2. The number of esters is 2. The van der Waals surface area contributed by atoms with Crippen LogP contribution in [0.25, 0.3) is 0 Å². The zero-order valence-corrected chi connectivity index (χ0v) is 9.25. The molecule has 15 heavy (non-hydrogen) atoms. The summed E-state index contributed by atoms with van der Waals surface area (Å²) >= 11 is 5.01. The van der Waals surface area contributed by atoms with E-state index in [1.54, 1.807) is 0 Å². The predicted molar refractivity (Wildman–Crippen MR) is 56.1 cm³/mol. The average molecular weight is 233 g/mol. The molecule has 0 unspecified atom stereocenters. The summed E-state index contributed by atoms with van der Waals surface area (Å²) in [5.74, 6) is 0.0246. The molecule has 0 aromatic heterocycles. The van der Waals surface area contributed by atoms with E-state index in [-0.39, 0.29) is 11.8 Å². The lowest BCUT2D eigenvalue weighted by Gasteiger charge is -2.11. The summed E-state index contributed by atoms with van der Waals surface area (Å²) in [6, 6.07) is 0. The van der Waals surface area contributed by atoms with Crippen molar-refractivity contribution in [1.82, 2.24) is 0 Å². The Bertz CT molecular complexity index is 271. The minimum atomic E-state index is -0.475. The lowest BCUT2D eigenvalue weighted by Crippen LogP contribution is -2.03. The maximum absolute atomic E-state index is 10.2. The van der Waals surface area contributed by atoms with Crippen molar-refractivity contribution in [2.45, 2.75) is 19.8 Å². The maximum atomic E-state index is 10.2. The minimum absolute atomic E-state index is 0.119. The Morgan fingerprint density at radius 3 is 2.40 bits per heavy atom. The highest BCUT2D eigenvalue weighted by atomic mass is 35.5. The molecule has 0 aliphatic heterocycles. The van der Waals surface area contributed by atoms with Gasteiger partial charge in [0.25, 0.3) is 0 Å². The fourth-order valence-corrected chi connectivity index (χ4v) is 0.727. The minimum Gasteiger partial charge on any atom is -0.434 e. The van der Waals surface area contributed by atoms with Crippen LogP contribution < -0.4 is 0 Å². The topological polar surface area (TPSA) is 52.6 Å². The number of rotatable bonds is 3. The summed E-state index contributed by atoms with van der Waals surface area (Å²) in [4.78, 5) is 20.2. The van der Waals surface area contributed by atoms with Crippen LogP contribution >= 0.6 is 11.6 Å². The molecule has 0 N–H and O–H groups in total. The van der Waals surface area contributed by atoms with Crippen LogP contribution in [0.5, 0.6) is 0 Å². The lowest BCUT2D eigenvalue weighted by molar-refractivity contribution is -0.137. The molecule has 0 amide bonds. The van der Waals surface area contributed by atoms with Crippen LogP contribution in [0.15, 0.2) is 24.7 Å². The third kappa shape index (κ3) is 7.76. The summed E-state index contributed by atoms with van der Waals surface area (Å²) in [6.45, 7) is 4.56. The average Bonchev–Trinajstić information content (AvgIpc) is 2.13. The Morgan fingerprint density at radius 1 is 1.67 bits per heavy atom. The van der Waals surface area contributed by atoms with Gasteiger partial charge in [-0.15, -0.1) is 11.6 Å². The molecular formula is C10H13ClO4. The fourth-order valence-electron chi connectivity index (χ4n) is 0.664. The molecular weight excluding hydrogens is 220 g/mol. The van der Waals surface area contributed by atoms with Crippen molar-refractivity contribution in [3.63, 3.8) is 0 Å². The SMILES string of the molecule is C=COC(=O)CCl.CC(=O)OC1=CCC1. The molecule has 0 aromatic rings. The van der Waals surface area contributed by atoms with E-state index in [1.165, 1.54) is 6.92 Å². The molecule has 4 nitrogen and oxygen atoms in total. The fraction of sp³-hybridized carbons (Fsp3) is 0.400. The van der Waals surface area contributed by atoms with Crippen molar-refractivity contribution in [3.8, 4) is 0 Å². The van der Waals surface area contributed by atoms with E-state index in [1.807, 2.05) is 6.08 Å². The Labute approximate surface area is 93.5 Å². The zero-order valence-electron chi connectivity index (χ0n) is 8.49. The normalized spacial score (nSPS) is 12.3. The molecule has 5 heteroatoms. The van der Waals surface area contributed by atoms with Crippen molar-refractivity contribution < 1.29 is 19.1 Å². The second kappa shape index (κ2) is 8.05. The molecule has 0 fully saturated rings. The van der Waals surface area contributed by atoms with Gasteiger partial charge in [-0.3, -0.25) is 9.59 Å². The molecule has 0 bridgehead atoms. The van der Waals surface area contributed by atoms with Crippen molar-refractivity contribution in [2.24, 2.45) is 0 Å². The number of hydrogen-bond donors (Lipinski definition) is 0. The molecule has 84 valence electrons. The van der Waals surface area contributed by atoms with E-state index in [0.29, 0.717) is 0 Å². The smallest absolute Gasteiger partial charge is 0.325 e. The quantitative estimate of drug-likeness (QED) is 0.425. The highest BCUT2D eigenvalue weighted by Crippen LogP contribution is 2.18. The zero-order chi connectivity index (χ0) is 11.7. The van der Waals surface area contributed by atoms with Gasteiger partial charge in [0.1, 0.15) is 11.6 Å². The first-order valence-electron chi connectivity index (χ1n) is 4.34. The third-order valence-corrected chi connectivity index (χ3v) is 1.58. The predicted octanol–water partition coefficient (Wildman–Crippen LogP) is 2.14. The molecule has 0 spiro atoms. The van der Waals surface area contributed by atoms with Crippen molar-refractivity contribution >= 4 is 23.5 Å². The Morgan fingerprint density at radius 2 is 2.27 bits per heavy atom. The summed E-state index contributed by atoms with van der Waals surface area (Å²) in [5, 5.41) is 0. The number of alkyl halides is 1. The summed E-state index contributed by atoms with van der Waals surface area (Å²) in [7, 11) is 0. The molecule has 0 saturated heterocycles. The van der Waals surface area contributed by atoms with Crippen LogP contribution in [-0.2, 0) is 19.1 Å². The Kier molecular flexibility index (Phi) is 7.36. The molecule has 0 heterocycles. The molecule has 1 rings (SSSR count). The van der Waals surface area contributed by atoms with Gasteiger partial charge in [0.15, 0.2) is 0 Å². The standard InChI is InChI=1S/C6H8O2.C4H5ClO2/c1-5(7)8-6-3-2-4-6;1-2-7-4(6)3-5/h3H,2,4H2,1H3;2H,1,3H2. The van der Waals surface area contributed by atoms with Gasteiger partial charge in [-0.05, 0) is 12.5 Å². The van der Waals surface area contributed by atoms with Gasteiger partial charge in [-0.1, -0.05) is 6.58 Å². The van der Waals surface area contributed by atoms with Crippen LogP contribution in [0.2, 0.25) is 0 Å². The monoisotopic (exact) mass is 232 g/mol. The van der Waals surface area contributed by atoms with Crippen LogP contribution in [0.1, 0.15) is 19.8 Å². The summed E-state index contributed by atoms with van der Waals surface area (Å²) in [6.07, 6.45) is 4.95. The number of ether oxygens (including phenoxy) is 2. The van der Waals surface area contributed by atoms with Crippen LogP contribution in [0.4, 0.5) is 0 Å². The van der Waals surface area contributed by atoms with Crippen LogP contribution in [0.3, 0.4) is 0 Å². The van der Waals surface area contributed by atoms with Gasteiger partial charge in [-0.25, -0.2) is 0 Å². The highest BCUT2D eigenvalue weighted by Gasteiger charge is 2.07. The first kappa shape index (κ1) is 13.7. The highest BCUT2D eigenvalue weighted by molar-refractivity contribution is 6.26. The number of hydrogen-bond acceptors (Lipinski definition) is 4. The van der Waals surface area contributed by atoms with Crippen molar-refractivity contribution in [1.29, 1.82) is 0 Å². The van der Waals surface area contributed by atoms with Gasteiger partial charge in [0.05, 0.1) is 6.26 Å². The van der Waals surface area contributed by atoms with E-state index < -0.39 is 5.97 Å². The third-order valence-electron chi connectivity index (χ3n) is 1.36. The van der Waals surface area contributed by atoms with E-state index >= 15 is 0 Å². The molecule has 0 radical (unpaired) electrons. The van der Waals surface area contributed by atoms with E-state index in [4.69, 9.17) is 16.3 Å². The lowest BCUT2D eigenvalue weighted by atomic mass is 10.1. The largest absolute Gasteiger partial charge is 0.434 e. The first-order chi connectivity index (χ1) is 7.10. The van der Waals surface area contributed by atoms with E-state index in [0.717, 1.165) is 24.9 Å². The van der Waals surface area contributed by atoms with Gasteiger partial charge in [0, 0.05) is 13.3 Å². The second-order valence-corrected chi connectivity index (χ2v) is 2.86. The van der Waals surface area contributed by atoms with Crippen molar-refractivity contribution in [2.75, 3.05) is 5.88 Å². The summed E-state index contributed by atoms with van der Waals surface area (Å²) < 4.78 is 8.89. The number of halogens is 1. The van der Waals surface area contributed by atoms with Crippen LogP contribution in [0, 0.1) is 0 Å². The van der Waals surface area contributed by atoms with Crippen LogP contribution in [-0.4, -0.2) is 17.8 Å². The Hall–Kier alpha value is -1.29. The molecule has 0 saturated carbocycles. The molecule has 1 aliphatic carbocycles. The summed E-state index contributed by atoms with van der Waals surface area (Å²) in [5.41, 5.74) is 0. The van der Waals surface area contributed by atoms with Crippen molar-refractivity contribution in [3.05, 3.63) is 24.7 Å². The van der Waals surface area contributed by atoms with Gasteiger partial charge in [0.2, 0.25) is 0 Å². The van der Waals surface area contributed by atoms with Gasteiger partial charge in [-0.2, -0.15) is 0 Å². The van der Waals surface area contributed by atoms with Gasteiger partial charge < -0.3 is 9.47 Å². The Balaban J connectivity index is 0.000000265. The van der Waals surface area contributed by atoms with E-state index in [2.05, 4.69) is 11.3 Å². The number of carbonyl (C=O) groups is 2. The molecule has 1 aliphatic rings.